The highest BCUT2D eigenvalue weighted by Crippen LogP contribution is 2.21. The molecule has 2 heterocycles. The molecule has 1 unspecified atom stereocenters. The summed E-state index contributed by atoms with van der Waals surface area (Å²) in [5.41, 5.74) is -2.78. The standard InChI is InChI=1S/C35H52FN9O11S/c1-21(2)12-27(41-30(47)18-39-34(51)28(13-22(3)4)42-29(46)17-37-31(48)19-45-8-10-55-11-9-45)32(49)35(5,52)20-56-57(53,54)24-6-7-26(36)25(14-24)33(50)38-15-23-16-40-44-43-23/h6-7,14,16,21-22,27-28,52H,8-13,15,17-20H2,1-5H3,(H,37,48)(H,38,50)(H,39,51)(H,41,47)(H,42,46)(H,40,43,44)/t27-,28-,35?/m0/s1. The van der Waals surface area contributed by atoms with E-state index in [9.17, 15) is 46.7 Å². The maximum absolute atomic E-state index is 14.5. The zero-order chi connectivity index (χ0) is 42.3. The van der Waals surface area contributed by atoms with Crippen LogP contribution >= 0.6 is 0 Å². The molecule has 1 fully saturated rings. The monoisotopic (exact) mass is 825 g/mol. The molecule has 316 valence electrons. The number of carbonyl (C=O) groups is 6. The van der Waals surface area contributed by atoms with E-state index in [1.165, 1.54) is 6.20 Å². The van der Waals surface area contributed by atoms with Crippen LogP contribution < -0.4 is 26.6 Å². The van der Waals surface area contributed by atoms with Crippen molar-refractivity contribution in [2.24, 2.45) is 11.8 Å². The van der Waals surface area contributed by atoms with Crippen LogP contribution in [0.2, 0.25) is 0 Å². The number of nitrogens with zero attached hydrogens (tertiary/aromatic N) is 3. The summed E-state index contributed by atoms with van der Waals surface area (Å²) in [5, 5.41) is 33.1. The fourth-order valence-electron chi connectivity index (χ4n) is 5.50. The van der Waals surface area contributed by atoms with Crippen LogP contribution in [0.1, 0.15) is 63.5 Å². The molecule has 1 saturated heterocycles. The predicted octanol–water partition coefficient (Wildman–Crippen LogP) is -1.47. The number of aromatic amines is 1. The Kier molecular flexibility index (Phi) is 17.6. The summed E-state index contributed by atoms with van der Waals surface area (Å²) in [6.07, 6.45) is 1.61. The van der Waals surface area contributed by atoms with Crippen LogP contribution in [0.3, 0.4) is 0 Å². The van der Waals surface area contributed by atoms with Crippen LogP contribution in [0, 0.1) is 17.7 Å². The lowest BCUT2D eigenvalue weighted by Gasteiger charge is -2.28. The molecule has 2 aromatic rings. The summed E-state index contributed by atoms with van der Waals surface area (Å²) in [6.45, 7) is 8.17. The highest BCUT2D eigenvalue weighted by atomic mass is 32.2. The van der Waals surface area contributed by atoms with E-state index in [1.807, 2.05) is 18.7 Å². The third-order valence-electron chi connectivity index (χ3n) is 8.45. The minimum absolute atomic E-state index is 0.00941. The topological polar surface area (TPSA) is 280 Å². The van der Waals surface area contributed by atoms with Gasteiger partial charge in [0.1, 0.15) is 29.8 Å². The summed E-state index contributed by atoms with van der Waals surface area (Å²) in [5.74, 6) is -5.74. The van der Waals surface area contributed by atoms with E-state index >= 15 is 0 Å². The summed E-state index contributed by atoms with van der Waals surface area (Å²) < 4.78 is 50.8. The van der Waals surface area contributed by atoms with Crippen molar-refractivity contribution in [1.82, 2.24) is 46.9 Å². The second-order valence-corrected chi connectivity index (χ2v) is 16.1. The van der Waals surface area contributed by atoms with Crippen molar-refractivity contribution < 1.29 is 55.6 Å². The molecule has 1 aliphatic heterocycles. The first kappa shape index (κ1) is 46.5. The molecule has 0 radical (unpaired) electrons. The lowest BCUT2D eigenvalue weighted by atomic mass is 9.90. The van der Waals surface area contributed by atoms with Crippen LogP contribution in [-0.2, 0) is 49.6 Å². The second kappa shape index (κ2) is 21.6. The lowest BCUT2D eigenvalue weighted by molar-refractivity contribution is -0.143. The van der Waals surface area contributed by atoms with Gasteiger partial charge in [-0.1, -0.05) is 32.9 Å². The van der Waals surface area contributed by atoms with Gasteiger partial charge in [0.05, 0.1) is 55.9 Å². The summed E-state index contributed by atoms with van der Waals surface area (Å²) in [7, 11) is -4.77. The maximum Gasteiger partial charge on any atom is 0.297 e. The molecule has 3 atom stereocenters. The van der Waals surface area contributed by atoms with E-state index in [2.05, 4.69) is 42.0 Å². The van der Waals surface area contributed by atoms with Gasteiger partial charge in [0.25, 0.3) is 16.0 Å². The van der Waals surface area contributed by atoms with Gasteiger partial charge in [-0.2, -0.15) is 8.42 Å². The number of aromatic nitrogens is 3. The van der Waals surface area contributed by atoms with Gasteiger partial charge in [-0.15, -0.1) is 5.10 Å². The van der Waals surface area contributed by atoms with Crippen LogP contribution in [0.15, 0.2) is 29.3 Å². The largest absolute Gasteiger partial charge is 0.380 e. The molecule has 7 N–H and O–H groups in total. The second-order valence-electron chi connectivity index (χ2n) is 14.5. The van der Waals surface area contributed by atoms with E-state index in [4.69, 9.17) is 8.92 Å². The third kappa shape index (κ3) is 15.5. The lowest BCUT2D eigenvalue weighted by Crippen LogP contribution is -2.55. The highest BCUT2D eigenvalue weighted by molar-refractivity contribution is 7.86. The van der Waals surface area contributed by atoms with Gasteiger partial charge < -0.3 is 36.4 Å². The summed E-state index contributed by atoms with van der Waals surface area (Å²) in [4.78, 5) is 78.4. The fourth-order valence-corrected chi connectivity index (χ4v) is 6.52. The Morgan fingerprint density at radius 1 is 0.947 bits per heavy atom. The van der Waals surface area contributed by atoms with Gasteiger partial charge in [-0.25, -0.2) is 4.39 Å². The van der Waals surface area contributed by atoms with E-state index in [0.717, 1.165) is 25.1 Å². The van der Waals surface area contributed by atoms with Crippen molar-refractivity contribution in [3.63, 3.8) is 0 Å². The van der Waals surface area contributed by atoms with Gasteiger partial charge in [0, 0.05) is 19.3 Å². The van der Waals surface area contributed by atoms with E-state index in [1.54, 1.807) is 13.8 Å². The molecule has 5 amide bonds. The zero-order valence-electron chi connectivity index (χ0n) is 32.6. The SMILES string of the molecule is CC(C)C[C@H](NC(=O)CNC(=O)CN1CCOCC1)C(=O)NCC(=O)N[C@@H](CC(C)C)C(=O)C(C)(O)COS(=O)(=O)c1ccc(F)c(C(=O)NCc2c[nH]nn2)c1. The Morgan fingerprint density at radius 3 is 2.18 bits per heavy atom. The fraction of sp³-hybridized carbons (Fsp3) is 0.600. The van der Waals surface area contributed by atoms with Crippen molar-refractivity contribution >= 4 is 45.4 Å². The molecule has 1 aromatic carbocycles. The number of ether oxygens (including phenoxy) is 1. The summed E-state index contributed by atoms with van der Waals surface area (Å²) >= 11 is 0. The number of nitrogens with one attached hydrogen (secondary N) is 6. The van der Waals surface area contributed by atoms with Gasteiger partial charge in [-0.05, 0) is 49.8 Å². The van der Waals surface area contributed by atoms with E-state index in [-0.39, 0.29) is 50.2 Å². The molecule has 0 bridgehead atoms. The minimum atomic E-state index is -4.77. The molecule has 1 aliphatic rings. The number of hydrogen-bond donors (Lipinski definition) is 7. The normalized spacial score (nSPS) is 15.6. The highest BCUT2D eigenvalue weighted by Gasteiger charge is 2.39. The van der Waals surface area contributed by atoms with Crippen molar-refractivity contribution in [3.05, 3.63) is 41.5 Å². The van der Waals surface area contributed by atoms with Crippen LogP contribution in [0.5, 0.6) is 0 Å². The van der Waals surface area contributed by atoms with Crippen molar-refractivity contribution in [3.8, 4) is 0 Å². The number of amides is 5. The van der Waals surface area contributed by atoms with Gasteiger partial charge in [0.2, 0.25) is 23.6 Å². The quantitative estimate of drug-likeness (QED) is 0.0668. The Labute approximate surface area is 329 Å². The van der Waals surface area contributed by atoms with E-state index < -0.39 is 86.6 Å². The van der Waals surface area contributed by atoms with Crippen LogP contribution in [0.25, 0.3) is 0 Å². The maximum atomic E-state index is 14.5. The first-order chi connectivity index (χ1) is 26.8. The molecule has 57 heavy (non-hydrogen) atoms. The minimum Gasteiger partial charge on any atom is -0.380 e. The first-order valence-corrected chi connectivity index (χ1v) is 19.7. The van der Waals surface area contributed by atoms with Crippen LogP contribution in [-0.4, -0.2) is 139 Å². The molecule has 0 aliphatic carbocycles. The zero-order valence-corrected chi connectivity index (χ0v) is 33.4. The number of aliphatic hydroxyl groups is 1. The van der Waals surface area contributed by atoms with Gasteiger partial charge in [0.15, 0.2) is 5.78 Å². The van der Waals surface area contributed by atoms with Crippen molar-refractivity contribution in [2.45, 2.75) is 76.6 Å². The molecule has 3 rings (SSSR count). The van der Waals surface area contributed by atoms with Crippen molar-refractivity contribution in [1.29, 1.82) is 0 Å². The first-order valence-electron chi connectivity index (χ1n) is 18.3. The molecule has 1 aromatic heterocycles. The number of halogens is 1. The average Bonchev–Trinajstić information content (AvgIpc) is 3.68. The van der Waals surface area contributed by atoms with Crippen molar-refractivity contribution in [2.75, 3.05) is 52.5 Å². The molecule has 20 nitrogen and oxygen atoms in total. The van der Waals surface area contributed by atoms with Crippen LogP contribution in [0.4, 0.5) is 4.39 Å². The Morgan fingerprint density at radius 2 is 1.56 bits per heavy atom. The molecular formula is C35H52FN9O11S. The molecule has 22 heteroatoms. The van der Waals surface area contributed by atoms with Gasteiger partial charge in [-0.3, -0.25) is 42.9 Å². The number of hydrogen-bond acceptors (Lipinski definition) is 14. The Hall–Kier alpha value is -4.90. The van der Waals surface area contributed by atoms with E-state index in [0.29, 0.717) is 32.0 Å². The summed E-state index contributed by atoms with van der Waals surface area (Å²) in [6, 6.07) is -0.0913. The average molecular weight is 826 g/mol. The number of morpholine rings is 1. The number of H-pyrrole nitrogens is 1. The molecule has 0 spiro atoms. The smallest absolute Gasteiger partial charge is 0.297 e. The number of rotatable bonds is 22. The Bertz CT molecular complexity index is 1820. The number of ketones is 1. The number of carbonyl (C=O) groups excluding carboxylic acids is 6. The molecular weight excluding hydrogens is 774 g/mol. The third-order valence-corrected chi connectivity index (χ3v) is 9.71. The van der Waals surface area contributed by atoms with Gasteiger partial charge >= 0.3 is 0 Å². The Balaban J connectivity index is 1.57. The number of benzene rings is 1. The number of Topliss-reactive ketones (excluding diaryl/α,β-unsaturated/α-hetero) is 1. The molecule has 0 saturated carbocycles. The predicted molar refractivity (Wildman–Crippen MR) is 199 cm³/mol.